The minimum absolute atomic E-state index is 0.262. The van der Waals surface area contributed by atoms with Gasteiger partial charge in [-0.15, -0.1) is 0 Å². The predicted octanol–water partition coefficient (Wildman–Crippen LogP) is 4.16. The minimum atomic E-state index is -0.262. The summed E-state index contributed by atoms with van der Waals surface area (Å²) in [6.45, 7) is 6.56. The number of benzene rings is 1. The lowest BCUT2D eigenvalue weighted by Gasteiger charge is -2.30. The van der Waals surface area contributed by atoms with E-state index in [1.807, 2.05) is 0 Å². The summed E-state index contributed by atoms with van der Waals surface area (Å²) in [5.41, 5.74) is 3.69. The third kappa shape index (κ3) is 2.90. The molecule has 0 radical (unpaired) electrons. The Morgan fingerprint density at radius 3 is 2.29 bits per heavy atom. The fraction of sp³-hybridized carbons (Fsp3) is 0.625. The smallest absolute Gasteiger partial charge is 0.0818 e. The van der Waals surface area contributed by atoms with Crippen molar-refractivity contribution in [2.24, 2.45) is 11.8 Å². The molecule has 1 unspecified atom stereocenters. The second-order valence-corrected chi connectivity index (χ2v) is 5.81. The van der Waals surface area contributed by atoms with E-state index in [1.54, 1.807) is 0 Å². The molecule has 1 saturated carbocycles. The number of hydrogen-bond acceptors (Lipinski definition) is 1. The largest absolute Gasteiger partial charge is 0.388 e. The van der Waals surface area contributed by atoms with Crippen LogP contribution in [0.2, 0.25) is 0 Å². The van der Waals surface area contributed by atoms with Crippen molar-refractivity contribution in [3.05, 3.63) is 34.9 Å². The third-order valence-corrected chi connectivity index (χ3v) is 4.38. The van der Waals surface area contributed by atoms with Crippen LogP contribution in [0.3, 0.4) is 0 Å². The van der Waals surface area contributed by atoms with Crippen molar-refractivity contribution in [3.63, 3.8) is 0 Å². The fourth-order valence-electron chi connectivity index (χ4n) is 2.82. The van der Waals surface area contributed by atoms with E-state index in [0.29, 0.717) is 5.92 Å². The van der Waals surface area contributed by atoms with Crippen molar-refractivity contribution in [3.8, 4) is 0 Å². The molecular formula is C16H24O. The van der Waals surface area contributed by atoms with Crippen LogP contribution in [0.15, 0.2) is 18.2 Å². The molecule has 1 N–H and O–H groups in total. The van der Waals surface area contributed by atoms with Crippen molar-refractivity contribution < 1.29 is 5.11 Å². The summed E-state index contributed by atoms with van der Waals surface area (Å²) in [4.78, 5) is 0. The molecule has 0 heterocycles. The van der Waals surface area contributed by atoms with Gasteiger partial charge in [0.05, 0.1) is 6.10 Å². The maximum Gasteiger partial charge on any atom is 0.0818 e. The Bertz CT molecular complexity index is 375. The van der Waals surface area contributed by atoms with Crippen LogP contribution in [-0.2, 0) is 0 Å². The van der Waals surface area contributed by atoms with Gasteiger partial charge >= 0.3 is 0 Å². The molecule has 0 spiro atoms. The zero-order valence-corrected chi connectivity index (χ0v) is 11.2. The van der Waals surface area contributed by atoms with Crippen molar-refractivity contribution in [1.29, 1.82) is 0 Å². The highest BCUT2D eigenvalue weighted by atomic mass is 16.3. The zero-order chi connectivity index (χ0) is 12.4. The lowest BCUT2D eigenvalue weighted by molar-refractivity contribution is 0.0755. The number of aliphatic hydroxyl groups is 1. The summed E-state index contributed by atoms with van der Waals surface area (Å²) in [6.07, 6.45) is 4.63. The molecule has 0 saturated heterocycles. The van der Waals surface area contributed by atoms with E-state index in [0.717, 1.165) is 11.5 Å². The summed E-state index contributed by atoms with van der Waals surface area (Å²) in [5.74, 6) is 1.31. The van der Waals surface area contributed by atoms with Gasteiger partial charge in [0.2, 0.25) is 0 Å². The van der Waals surface area contributed by atoms with Crippen LogP contribution in [0.1, 0.15) is 55.4 Å². The van der Waals surface area contributed by atoms with E-state index in [1.165, 1.54) is 36.8 Å². The number of hydrogen-bond donors (Lipinski definition) is 1. The van der Waals surface area contributed by atoms with Crippen LogP contribution in [0.4, 0.5) is 0 Å². The molecule has 1 atom stereocenters. The molecule has 94 valence electrons. The highest BCUT2D eigenvalue weighted by Gasteiger charge is 2.25. The molecule has 1 aliphatic carbocycles. The highest BCUT2D eigenvalue weighted by Crippen LogP contribution is 2.36. The molecule has 1 nitrogen and oxygen atoms in total. The summed E-state index contributed by atoms with van der Waals surface area (Å²) >= 11 is 0. The first-order chi connectivity index (χ1) is 8.08. The molecule has 0 aliphatic heterocycles. The van der Waals surface area contributed by atoms with Gasteiger partial charge in [-0.3, -0.25) is 0 Å². The fourth-order valence-corrected chi connectivity index (χ4v) is 2.82. The van der Waals surface area contributed by atoms with E-state index in [-0.39, 0.29) is 6.10 Å². The summed E-state index contributed by atoms with van der Waals surface area (Å²) in [7, 11) is 0. The van der Waals surface area contributed by atoms with Gasteiger partial charge < -0.3 is 5.11 Å². The van der Waals surface area contributed by atoms with Gasteiger partial charge in [0.1, 0.15) is 0 Å². The van der Waals surface area contributed by atoms with Gasteiger partial charge in [-0.25, -0.2) is 0 Å². The van der Waals surface area contributed by atoms with Gasteiger partial charge in [0, 0.05) is 0 Å². The van der Waals surface area contributed by atoms with Crippen LogP contribution in [-0.4, -0.2) is 5.11 Å². The average molecular weight is 232 g/mol. The molecule has 1 aromatic rings. The Labute approximate surface area is 105 Å². The van der Waals surface area contributed by atoms with Gasteiger partial charge in [-0.2, -0.15) is 0 Å². The van der Waals surface area contributed by atoms with Crippen molar-refractivity contribution in [1.82, 2.24) is 0 Å². The van der Waals surface area contributed by atoms with Crippen LogP contribution in [0, 0.1) is 25.7 Å². The second kappa shape index (κ2) is 5.22. The zero-order valence-electron chi connectivity index (χ0n) is 11.2. The number of aryl methyl sites for hydroxylation is 2. The summed E-state index contributed by atoms with van der Waals surface area (Å²) in [5, 5.41) is 10.4. The normalized spacial score (nSPS) is 26.8. The average Bonchev–Trinajstić information content (AvgIpc) is 2.33. The molecular weight excluding hydrogens is 208 g/mol. The van der Waals surface area contributed by atoms with Crippen molar-refractivity contribution >= 4 is 0 Å². The lowest BCUT2D eigenvalue weighted by Crippen LogP contribution is -2.19. The predicted molar refractivity (Wildman–Crippen MR) is 72.0 cm³/mol. The van der Waals surface area contributed by atoms with E-state index < -0.39 is 0 Å². The molecule has 1 aliphatic rings. The molecule has 2 rings (SSSR count). The molecule has 0 amide bonds. The standard InChI is InChI=1S/C16H24O/c1-11-4-7-14(8-5-11)16(17)15-9-6-12(2)13(3)10-15/h6,9-11,14,16-17H,4-5,7-8H2,1-3H3. The molecule has 0 aromatic heterocycles. The van der Waals surface area contributed by atoms with Gasteiger partial charge in [0.25, 0.3) is 0 Å². The van der Waals surface area contributed by atoms with Crippen LogP contribution >= 0.6 is 0 Å². The maximum atomic E-state index is 10.4. The molecule has 1 fully saturated rings. The second-order valence-electron chi connectivity index (χ2n) is 5.81. The lowest BCUT2D eigenvalue weighted by atomic mass is 9.78. The summed E-state index contributed by atoms with van der Waals surface area (Å²) < 4.78 is 0. The van der Waals surface area contributed by atoms with E-state index >= 15 is 0 Å². The Kier molecular flexibility index (Phi) is 3.88. The Morgan fingerprint density at radius 1 is 1.06 bits per heavy atom. The highest BCUT2D eigenvalue weighted by molar-refractivity contribution is 5.31. The SMILES string of the molecule is Cc1ccc(C(O)C2CCC(C)CC2)cc1C. The Balaban J connectivity index is 2.08. The van der Waals surface area contributed by atoms with Gasteiger partial charge in [-0.1, -0.05) is 38.0 Å². The summed E-state index contributed by atoms with van der Waals surface area (Å²) in [6, 6.07) is 6.36. The quantitative estimate of drug-likeness (QED) is 0.811. The number of aliphatic hydroxyl groups excluding tert-OH is 1. The van der Waals surface area contributed by atoms with Crippen LogP contribution in [0.25, 0.3) is 0 Å². The van der Waals surface area contributed by atoms with E-state index in [9.17, 15) is 5.11 Å². The minimum Gasteiger partial charge on any atom is -0.388 e. The first kappa shape index (κ1) is 12.6. The molecule has 17 heavy (non-hydrogen) atoms. The molecule has 0 bridgehead atoms. The van der Waals surface area contributed by atoms with Crippen molar-refractivity contribution in [2.75, 3.05) is 0 Å². The maximum absolute atomic E-state index is 10.4. The molecule has 1 heteroatoms. The topological polar surface area (TPSA) is 20.2 Å². The Hall–Kier alpha value is -0.820. The Morgan fingerprint density at radius 2 is 1.71 bits per heavy atom. The van der Waals surface area contributed by atoms with Gasteiger partial charge in [-0.05, 0) is 55.2 Å². The van der Waals surface area contributed by atoms with Gasteiger partial charge in [0.15, 0.2) is 0 Å². The number of rotatable bonds is 2. The third-order valence-electron chi connectivity index (χ3n) is 4.38. The van der Waals surface area contributed by atoms with Crippen LogP contribution in [0.5, 0.6) is 0 Å². The first-order valence-electron chi connectivity index (χ1n) is 6.83. The van der Waals surface area contributed by atoms with E-state index in [2.05, 4.69) is 39.0 Å². The first-order valence-corrected chi connectivity index (χ1v) is 6.83. The van der Waals surface area contributed by atoms with E-state index in [4.69, 9.17) is 0 Å². The monoisotopic (exact) mass is 232 g/mol. The van der Waals surface area contributed by atoms with Crippen molar-refractivity contribution in [2.45, 2.75) is 52.6 Å². The van der Waals surface area contributed by atoms with Crippen LogP contribution < -0.4 is 0 Å². The molecule has 1 aromatic carbocycles.